The van der Waals surface area contributed by atoms with Gasteiger partial charge < -0.3 is 5.11 Å². The normalized spacial score (nSPS) is 31.4. The molecule has 1 saturated heterocycles. The summed E-state index contributed by atoms with van der Waals surface area (Å²) in [5.74, 6) is 0.0896. The van der Waals surface area contributed by atoms with Gasteiger partial charge in [0.2, 0.25) is 0 Å². The SMILES string of the molecule is O=S(=O)(NCC1CCCC1O)N1CCCCCC1. The third kappa shape index (κ3) is 3.66. The molecule has 2 N–H and O–H groups in total. The molecule has 2 aliphatic rings. The maximum atomic E-state index is 12.1. The van der Waals surface area contributed by atoms with E-state index in [9.17, 15) is 13.5 Å². The number of aliphatic hydroxyl groups excluding tert-OH is 1. The van der Waals surface area contributed by atoms with Gasteiger partial charge in [-0.05, 0) is 31.6 Å². The van der Waals surface area contributed by atoms with E-state index in [0.29, 0.717) is 19.6 Å². The predicted molar refractivity (Wildman–Crippen MR) is 70.3 cm³/mol. The Morgan fingerprint density at radius 3 is 2.28 bits per heavy atom. The molecule has 0 aromatic rings. The smallest absolute Gasteiger partial charge is 0.279 e. The fourth-order valence-corrected chi connectivity index (χ4v) is 4.19. The molecule has 1 saturated carbocycles. The van der Waals surface area contributed by atoms with Crippen LogP contribution in [0.3, 0.4) is 0 Å². The van der Waals surface area contributed by atoms with Crippen LogP contribution in [0.1, 0.15) is 44.9 Å². The largest absolute Gasteiger partial charge is 0.393 e. The molecule has 0 aromatic carbocycles. The van der Waals surface area contributed by atoms with E-state index in [2.05, 4.69) is 4.72 Å². The van der Waals surface area contributed by atoms with Crippen LogP contribution in [0, 0.1) is 5.92 Å². The zero-order chi connectivity index (χ0) is 13.0. The minimum Gasteiger partial charge on any atom is -0.393 e. The molecule has 106 valence electrons. The van der Waals surface area contributed by atoms with E-state index in [1.807, 2.05) is 0 Å². The minimum atomic E-state index is -3.35. The van der Waals surface area contributed by atoms with Gasteiger partial charge in [0.15, 0.2) is 0 Å². The second-order valence-corrected chi connectivity index (χ2v) is 7.18. The lowest BCUT2D eigenvalue weighted by molar-refractivity contribution is 0.134. The summed E-state index contributed by atoms with van der Waals surface area (Å²) < 4.78 is 28.5. The molecular formula is C12H24N2O3S. The van der Waals surface area contributed by atoms with Crippen molar-refractivity contribution in [2.24, 2.45) is 5.92 Å². The van der Waals surface area contributed by atoms with E-state index in [-0.39, 0.29) is 12.0 Å². The highest BCUT2D eigenvalue weighted by atomic mass is 32.2. The number of aliphatic hydroxyl groups is 1. The zero-order valence-corrected chi connectivity index (χ0v) is 11.7. The molecule has 2 atom stereocenters. The summed E-state index contributed by atoms with van der Waals surface area (Å²) in [7, 11) is -3.35. The summed E-state index contributed by atoms with van der Waals surface area (Å²) in [5.41, 5.74) is 0. The Morgan fingerprint density at radius 2 is 1.72 bits per heavy atom. The van der Waals surface area contributed by atoms with E-state index < -0.39 is 10.2 Å². The first-order chi connectivity index (χ1) is 8.59. The Bertz CT molecular complexity index is 350. The second kappa shape index (κ2) is 6.32. The predicted octanol–water partition coefficient (Wildman–Crippen LogP) is 0.858. The van der Waals surface area contributed by atoms with Crippen LogP contribution >= 0.6 is 0 Å². The maximum absolute atomic E-state index is 12.1. The quantitative estimate of drug-likeness (QED) is 0.800. The third-order valence-electron chi connectivity index (χ3n) is 4.05. The van der Waals surface area contributed by atoms with E-state index >= 15 is 0 Å². The van der Waals surface area contributed by atoms with Crippen LogP contribution in [0.4, 0.5) is 0 Å². The van der Waals surface area contributed by atoms with Gasteiger partial charge in [0.25, 0.3) is 10.2 Å². The van der Waals surface area contributed by atoms with Crippen molar-refractivity contribution in [1.29, 1.82) is 0 Å². The molecule has 0 amide bonds. The Labute approximate surface area is 110 Å². The summed E-state index contributed by atoms with van der Waals surface area (Å²) in [6.45, 7) is 1.63. The van der Waals surface area contributed by atoms with Crippen LogP contribution in [0.25, 0.3) is 0 Å². The zero-order valence-electron chi connectivity index (χ0n) is 10.8. The Morgan fingerprint density at radius 1 is 1.06 bits per heavy atom. The number of nitrogens with zero attached hydrogens (tertiary/aromatic N) is 1. The van der Waals surface area contributed by atoms with Crippen molar-refractivity contribution < 1.29 is 13.5 Å². The van der Waals surface area contributed by atoms with E-state index in [1.54, 1.807) is 4.31 Å². The van der Waals surface area contributed by atoms with Crippen molar-refractivity contribution in [2.45, 2.75) is 51.0 Å². The van der Waals surface area contributed by atoms with Crippen molar-refractivity contribution in [2.75, 3.05) is 19.6 Å². The van der Waals surface area contributed by atoms with Gasteiger partial charge in [-0.15, -0.1) is 0 Å². The van der Waals surface area contributed by atoms with Crippen molar-refractivity contribution in [3.8, 4) is 0 Å². The molecule has 2 rings (SSSR count). The standard InChI is InChI=1S/C12H24N2O3S/c15-12-7-5-6-11(12)10-13-18(16,17)14-8-3-1-2-4-9-14/h11-13,15H,1-10H2. The molecule has 18 heavy (non-hydrogen) atoms. The third-order valence-corrected chi connectivity index (χ3v) is 5.63. The highest BCUT2D eigenvalue weighted by Gasteiger charge is 2.28. The van der Waals surface area contributed by atoms with E-state index in [1.165, 1.54) is 0 Å². The monoisotopic (exact) mass is 276 g/mol. The molecule has 0 radical (unpaired) electrons. The van der Waals surface area contributed by atoms with Gasteiger partial charge in [-0.25, -0.2) is 4.72 Å². The second-order valence-electron chi connectivity index (χ2n) is 5.43. The molecule has 6 heteroatoms. The molecule has 2 unspecified atom stereocenters. The molecular weight excluding hydrogens is 252 g/mol. The molecule has 1 heterocycles. The molecule has 1 aliphatic carbocycles. The molecule has 0 bridgehead atoms. The maximum Gasteiger partial charge on any atom is 0.279 e. The van der Waals surface area contributed by atoms with Crippen LogP contribution in [-0.2, 0) is 10.2 Å². The first-order valence-electron chi connectivity index (χ1n) is 7.02. The fourth-order valence-electron chi connectivity index (χ4n) is 2.84. The molecule has 5 nitrogen and oxygen atoms in total. The lowest BCUT2D eigenvalue weighted by atomic mass is 10.1. The van der Waals surface area contributed by atoms with Crippen LogP contribution in [0.2, 0.25) is 0 Å². The lowest BCUT2D eigenvalue weighted by Crippen LogP contribution is -2.43. The average Bonchev–Trinajstić information content (AvgIpc) is 2.59. The van der Waals surface area contributed by atoms with Crippen molar-refractivity contribution >= 4 is 10.2 Å². The van der Waals surface area contributed by atoms with Crippen molar-refractivity contribution in [3.05, 3.63) is 0 Å². The summed E-state index contributed by atoms with van der Waals surface area (Å²) in [6.07, 6.45) is 6.52. The van der Waals surface area contributed by atoms with Gasteiger partial charge in [0, 0.05) is 19.6 Å². The average molecular weight is 276 g/mol. The van der Waals surface area contributed by atoms with Gasteiger partial charge in [-0.3, -0.25) is 0 Å². The molecule has 1 aliphatic heterocycles. The number of rotatable bonds is 4. The highest BCUT2D eigenvalue weighted by Crippen LogP contribution is 2.25. The summed E-state index contributed by atoms with van der Waals surface area (Å²) in [4.78, 5) is 0. The lowest BCUT2D eigenvalue weighted by Gasteiger charge is -2.22. The fraction of sp³-hybridized carbons (Fsp3) is 1.00. The van der Waals surface area contributed by atoms with Crippen LogP contribution in [0.15, 0.2) is 0 Å². The van der Waals surface area contributed by atoms with Crippen LogP contribution in [0.5, 0.6) is 0 Å². The summed E-state index contributed by atoms with van der Waals surface area (Å²) in [5, 5.41) is 9.69. The van der Waals surface area contributed by atoms with Gasteiger partial charge in [0.1, 0.15) is 0 Å². The first kappa shape index (κ1) is 14.2. The molecule has 0 spiro atoms. The topological polar surface area (TPSA) is 69.6 Å². The minimum absolute atomic E-state index is 0.0896. The number of hydrogen-bond acceptors (Lipinski definition) is 3. The van der Waals surface area contributed by atoms with Crippen molar-refractivity contribution in [3.63, 3.8) is 0 Å². The van der Waals surface area contributed by atoms with Gasteiger partial charge >= 0.3 is 0 Å². The molecule has 2 fully saturated rings. The van der Waals surface area contributed by atoms with E-state index in [4.69, 9.17) is 0 Å². The van der Waals surface area contributed by atoms with Crippen molar-refractivity contribution in [1.82, 2.24) is 9.03 Å². The van der Waals surface area contributed by atoms with E-state index in [0.717, 1.165) is 44.9 Å². The Kier molecular flexibility index (Phi) is 5.00. The number of hydrogen-bond donors (Lipinski definition) is 2. The van der Waals surface area contributed by atoms with Crippen LogP contribution < -0.4 is 4.72 Å². The highest BCUT2D eigenvalue weighted by molar-refractivity contribution is 7.87. The number of nitrogens with one attached hydrogen (secondary N) is 1. The molecule has 0 aromatic heterocycles. The first-order valence-corrected chi connectivity index (χ1v) is 8.46. The van der Waals surface area contributed by atoms with Gasteiger partial charge in [-0.1, -0.05) is 19.3 Å². The summed E-state index contributed by atoms with van der Waals surface area (Å²) >= 11 is 0. The summed E-state index contributed by atoms with van der Waals surface area (Å²) in [6, 6.07) is 0. The Balaban J connectivity index is 1.86. The Hall–Kier alpha value is -0.170. The van der Waals surface area contributed by atoms with Gasteiger partial charge in [0.05, 0.1) is 6.10 Å². The van der Waals surface area contributed by atoms with Gasteiger partial charge in [-0.2, -0.15) is 12.7 Å². The van der Waals surface area contributed by atoms with Crippen LogP contribution in [-0.4, -0.2) is 43.6 Å².